The minimum absolute atomic E-state index is 0. The van der Waals surface area contributed by atoms with Crippen LogP contribution in [0.15, 0.2) is 48.5 Å². The van der Waals surface area contributed by atoms with E-state index in [0.717, 1.165) is 11.1 Å². The van der Waals surface area contributed by atoms with Gasteiger partial charge in [-0.05, 0) is 25.2 Å². The van der Waals surface area contributed by atoms with E-state index in [1.54, 1.807) is 24.3 Å². The zero-order valence-corrected chi connectivity index (χ0v) is 22.5. The first kappa shape index (κ1) is 32.5. The molecule has 0 heterocycles. The normalized spacial score (nSPS) is 8.08. The fourth-order valence-electron chi connectivity index (χ4n) is 1.59. The first-order valence-electron chi connectivity index (χ1n) is 6.22. The molecule has 0 aromatic heterocycles. The number of rotatable bonds is 4. The number of nitrogens with one attached hydrogen (secondary N) is 2. The molecule has 4 N–H and O–H groups in total. The van der Waals surface area contributed by atoms with E-state index in [9.17, 15) is 10.2 Å². The summed E-state index contributed by atoms with van der Waals surface area (Å²) in [7, 11) is 6.92. The van der Waals surface area contributed by atoms with Crippen molar-refractivity contribution in [2.75, 3.05) is 0 Å². The third-order valence-electron chi connectivity index (χ3n) is 2.61. The number of hydrogen-bond acceptors (Lipinski definition) is 4. The minimum atomic E-state index is 0. The zero-order chi connectivity index (χ0) is 14.8. The Morgan fingerprint density at radius 2 is 1.00 bits per heavy atom. The molecule has 0 aliphatic heterocycles. The van der Waals surface area contributed by atoms with E-state index in [1.807, 2.05) is 24.3 Å². The fraction of sp³-hybridized carbons (Fsp3) is 0.118. The van der Waals surface area contributed by atoms with E-state index in [0.29, 0.717) is 24.6 Å². The van der Waals surface area contributed by atoms with Gasteiger partial charge in [0.15, 0.2) is 0 Å². The molecular formula is C17H23N2O2WY2-3. The Morgan fingerprint density at radius 1 is 0.708 bits per heavy atom. The Hall–Kier alpha value is 0.856. The van der Waals surface area contributed by atoms with E-state index in [1.165, 1.54) is 0 Å². The van der Waals surface area contributed by atoms with Crippen LogP contribution in [-0.4, -0.2) is 10.2 Å². The quantitative estimate of drug-likeness (QED) is 0.386. The van der Waals surface area contributed by atoms with Crippen LogP contribution in [0.4, 0.5) is 0 Å². The average Bonchev–Trinajstić information content (AvgIpc) is 2.45. The van der Waals surface area contributed by atoms with Gasteiger partial charge in [0.2, 0.25) is 0 Å². The van der Waals surface area contributed by atoms with Crippen LogP contribution in [0.3, 0.4) is 0 Å². The van der Waals surface area contributed by atoms with Crippen molar-refractivity contribution in [2.24, 2.45) is 0 Å². The summed E-state index contributed by atoms with van der Waals surface area (Å²) in [6.07, 6.45) is 0. The fourth-order valence-corrected chi connectivity index (χ4v) is 1.59. The van der Waals surface area contributed by atoms with Crippen LogP contribution in [0.2, 0.25) is 0 Å². The number of phenolic OH excluding ortho intramolecular Hbond substituents is 2. The molecule has 0 saturated carbocycles. The third kappa shape index (κ3) is 13.1. The van der Waals surface area contributed by atoms with Gasteiger partial charge in [0, 0.05) is 97.6 Å². The van der Waals surface area contributed by atoms with Gasteiger partial charge in [0.05, 0.1) is 0 Å². The molecule has 0 fully saturated rings. The van der Waals surface area contributed by atoms with Crippen LogP contribution >= 0.6 is 0 Å². The van der Waals surface area contributed by atoms with E-state index < -0.39 is 0 Å². The maximum absolute atomic E-state index is 9.17. The Bertz CT molecular complexity index is 484. The molecule has 24 heavy (non-hydrogen) atoms. The van der Waals surface area contributed by atoms with Crippen molar-refractivity contribution < 1.29 is 96.7 Å². The van der Waals surface area contributed by atoms with Gasteiger partial charge in [-0.15, -0.1) is 0 Å². The molecule has 0 amide bonds. The maximum Gasteiger partial charge on any atom is 0.119 e. The summed E-state index contributed by atoms with van der Waals surface area (Å²) in [5.74, 6) is 0.636. The van der Waals surface area contributed by atoms with Gasteiger partial charge in [-0.3, -0.25) is 14.1 Å². The van der Waals surface area contributed by atoms with Gasteiger partial charge in [-0.25, -0.2) is 0 Å². The Kier molecular flexibility index (Phi) is 27.3. The first-order chi connectivity index (χ1) is 9.69. The SMILES string of the molecule is [CH2-]NCc1ccccc1O.[CH2-]NCc1ccccc1O.[CH3-].[W].[Y].[Y]. The molecule has 4 nitrogen and oxygen atoms in total. The van der Waals surface area contributed by atoms with Crippen molar-refractivity contribution >= 4 is 0 Å². The predicted molar refractivity (Wildman–Crippen MR) is 87.0 cm³/mol. The molecule has 0 saturated heterocycles. The second-order valence-electron chi connectivity index (χ2n) is 4.11. The molecule has 0 aliphatic carbocycles. The summed E-state index contributed by atoms with van der Waals surface area (Å²) >= 11 is 0. The second kappa shape index (κ2) is 20.2. The predicted octanol–water partition coefficient (Wildman–Crippen LogP) is 2.99. The number of benzene rings is 2. The van der Waals surface area contributed by atoms with E-state index in [4.69, 9.17) is 0 Å². The van der Waals surface area contributed by atoms with Crippen LogP contribution < -0.4 is 10.6 Å². The van der Waals surface area contributed by atoms with Crippen LogP contribution in [0.5, 0.6) is 11.5 Å². The van der Waals surface area contributed by atoms with Gasteiger partial charge in [0.25, 0.3) is 0 Å². The minimum Gasteiger partial charge on any atom is -0.508 e. The molecule has 2 radical (unpaired) electrons. The first-order valence-corrected chi connectivity index (χ1v) is 6.22. The van der Waals surface area contributed by atoms with Gasteiger partial charge in [0.1, 0.15) is 11.5 Å². The van der Waals surface area contributed by atoms with Gasteiger partial charge >= 0.3 is 0 Å². The summed E-state index contributed by atoms with van der Waals surface area (Å²) in [5.41, 5.74) is 1.75. The van der Waals surface area contributed by atoms with Crippen LogP contribution in [-0.2, 0) is 99.6 Å². The summed E-state index contributed by atoms with van der Waals surface area (Å²) in [4.78, 5) is 0. The average molecular weight is 649 g/mol. The monoisotopic (exact) mass is 649 g/mol. The second-order valence-corrected chi connectivity index (χ2v) is 4.11. The molecule has 2 aromatic rings. The third-order valence-corrected chi connectivity index (χ3v) is 2.61. The molecule has 2 rings (SSSR count). The largest absolute Gasteiger partial charge is 0.508 e. The molecule has 0 spiro atoms. The van der Waals surface area contributed by atoms with Crippen molar-refractivity contribution in [3.63, 3.8) is 0 Å². The van der Waals surface area contributed by atoms with Crippen LogP contribution in [0, 0.1) is 21.5 Å². The van der Waals surface area contributed by atoms with Crippen molar-refractivity contribution in [2.45, 2.75) is 13.1 Å². The molecule has 0 bridgehead atoms. The molecule has 128 valence electrons. The number of para-hydroxylation sites is 2. The van der Waals surface area contributed by atoms with Gasteiger partial charge in [-0.1, -0.05) is 36.4 Å². The number of phenols is 2. The van der Waals surface area contributed by atoms with Crippen molar-refractivity contribution in [3.05, 3.63) is 81.2 Å². The van der Waals surface area contributed by atoms with Crippen LogP contribution in [0.25, 0.3) is 0 Å². The molecule has 0 unspecified atom stereocenters. The number of hydrogen-bond donors (Lipinski definition) is 4. The smallest absolute Gasteiger partial charge is 0.119 e. The van der Waals surface area contributed by atoms with E-state index in [2.05, 4.69) is 24.7 Å². The molecular weight excluding hydrogens is 626 g/mol. The van der Waals surface area contributed by atoms with Crippen molar-refractivity contribution in [3.8, 4) is 11.5 Å². The summed E-state index contributed by atoms with van der Waals surface area (Å²) in [5, 5.41) is 23.8. The Balaban J connectivity index is -0.000000143. The zero-order valence-electron chi connectivity index (χ0n) is 13.9. The van der Waals surface area contributed by atoms with E-state index >= 15 is 0 Å². The van der Waals surface area contributed by atoms with Gasteiger partial charge in [-0.2, -0.15) is 0 Å². The topological polar surface area (TPSA) is 64.5 Å². The molecule has 0 aliphatic rings. The van der Waals surface area contributed by atoms with Crippen LogP contribution in [0.1, 0.15) is 11.1 Å². The number of aromatic hydroxyl groups is 2. The Labute approximate surface area is 210 Å². The van der Waals surface area contributed by atoms with Gasteiger partial charge < -0.3 is 28.3 Å². The standard InChI is InChI=1S/2C8H10NO.CH3.W.2Y/c2*1-9-6-7-4-2-3-5-8(7)10;;;;/h2*2-5,9-10H,1,6H2;1H3;;;/q3*-1;;;. The molecule has 0 atom stereocenters. The van der Waals surface area contributed by atoms with E-state index in [-0.39, 0.29) is 93.9 Å². The molecule has 7 heteroatoms. The summed E-state index contributed by atoms with van der Waals surface area (Å²) in [6, 6.07) is 14.4. The summed E-state index contributed by atoms with van der Waals surface area (Å²) < 4.78 is 0. The Morgan fingerprint density at radius 3 is 1.25 bits per heavy atom. The van der Waals surface area contributed by atoms with Crippen molar-refractivity contribution in [1.29, 1.82) is 0 Å². The van der Waals surface area contributed by atoms with Crippen molar-refractivity contribution in [1.82, 2.24) is 10.6 Å². The maximum atomic E-state index is 9.17. The molecule has 2 aromatic carbocycles. The summed E-state index contributed by atoms with van der Waals surface area (Å²) in [6.45, 7) is 1.21.